The summed E-state index contributed by atoms with van der Waals surface area (Å²) in [7, 11) is 0. The molecular formula is C17H31Cl2N3O. The lowest BCUT2D eigenvalue weighted by atomic mass is 9.91. The minimum atomic E-state index is 0. The first-order chi connectivity index (χ1) is 10.3. The van der Waals surface area contributed by atoms with Crippen LogP contribution >= 0.6 is 24.8 Å². The molecular weight excluding hydrogens is 333 g/mol. The number of nitrogens with one attached hydrogen (secondary N) is 1. The Bertz CT molecular complexity index is 401. The molecule has 3 saturated heterocycles. The van der Waals surface area contributed by atoms with E-state index in [4.69, 9.17) is 0 Å². The van der Waals surface area contributed by atoms with E-state index >= 15 is 0 Å². The normalized spacial score (nSPS) is 30.6. The van der Waals surface area contributed by atoms with Gasteiger partial charge in [-0.05, 0) is 76.5 Å². The molecule has 4 nitrogen and oxygen atoms in total. The lowest BCUT2D eigenvalue weighted by molar-refractivity contribution is -0.135. The highest BCUT2D eigenvalue weighted by atomic mass is 35.5. The summed E-state index contributed by atoms with van der Waals surface area (Å²) in [5.41, 5.74) is 0.397. The highest BCUT2D eigenvalue weighted by Gasteiger charge is 2.58. The van der Waals surface area contributed by atoms with Gasteiger partial charge in [0.05, 0.1) is 0 Å². The molecule has 1 spiro atoms. The maximum absolute atomic E-state index is 12.8. The van der Waals surface area contributed by atoms with E-state index in [0.29, 0.717) is 17.2 Å². The van der Waals surface area contributed by atoms with Crippen molar-refractivity contribution in [2.75, 3.05) is 39.3 Å². The molecule has 4 aliphatic rings. The van der Waals surface area contributed by atoms with E-state index < -0.39 is 0 Å². The van der Waals surface area contributed by atoms with Crippen molar-refractivity contribution in [1.82, 2.24) is 15.1 Å². The third kappa shape index (κ3) is 3.81. The SMILES string of the molecule is Cl.Cl.O=C(C1CC12CCNCC2)N1CCC(N2CCCC2)CC1. The van der Waals surface area contributed by atoms with E-state index in [9.17, 15) is 4.79 Å². The Balaban J connectivity index is 0.000000960. The number of amides is 1. The van der Waals surface area contributed by atoms with Gasteiger partial charge in [0.15, 0.2) is 0 Å². The van der Waals surface area contributed by atoms with E-state index in [1.54, 1.807) is 0 Å². The van der Waals surface area contributed by atoms with Crippen LogP contribution in [0.5, 0.6) is 0 Å². The summed E-state index contributed by atoms with van der Waals surface area (Å²) < 4.78 is 0. The van der Waals surface area contributed by atoms with Crippen molar-refractivity contribution in [3.05, 3.63) is 0 Å². The Hall–Kier alpha value is -0.0300. The molecule has 1 amide bonds. The van der Waals surface area contributed by atoms with Crippen LogP contribution in [0.4, 0.5) is 0 Å². The van der Waals surface area contributed by atoms with Gasteiger partial charge in [-0.3, -0.25) is 4.79 Å². The molecule has 1 atom stereocenters. The van der Waals surface area contributed by atoms with Crippen molar-refractivity contribution in [2.24, 2.45) is 11.3 Å². The molecule has 0 aromatic rings. The van der Waals surface area contributed by atoms with Crippen LogP contribution in [0.2, 0.25) is 0 Å². The monoisotopic (exact) mass is 363 g/mol. The minimum absolute atomic E-state index is 0. The molecule has 6 heteroatoms. The largest absolute Gasteiger partial charge is 0.342 e. The number of likely N-dealkylation sites (tertiary alicyclic amines) is 2. The minimum Gasteiger partial charge on any atom is -0.342 e. The highest BCUT2D eigenvalue weighted by molar-refractivity contribution is 5.85. The van der Waals surface area contributed by atoms with Gasteiger partial charge in [0.1, 0.15) is 0 Å². The summed E-state index contributed by atoms with van der Waals surface area (Å²) in [6.45, 7) is 6.81. The molecule has 0 aromatic carbocycles. The van der Waals surface area contributed by atoms with Crippen molar-refractivity contribution in [3.8, 4) is 0 Å². The van der Waals surface area contributed by atoms with Gasteiger partial charge in [-0.2, -0.15) is 0 Å². The zero-order valence-electron chi connectivity index (χ0n) is 14.0. The lowest BCUT2D eigenvalue weighted by Crippen LogP contribution is -2.47. The van der Waals surface area contributed by atoms with Gasteiger partial charge in [-0.1, -0.05) is 0 Å². The fraction of sp³-hybridized carbons (Fsp3) is 0.941. The molecule has 3 heterocycles. The molecule has 1 N–H and O–H groups in total. The second kappa shape index (κ2) is 7.90. The van der Waals surface area contributed by atoms with Crippen LogP contribution in [0.3, 0.4) is 0 Å². The summed E-state index contributed by atoms with van der Waals surface area (Å²) in [6, 6.07) is 0.753. The summed E-state index contributed by atoms with van der Waals surface area (Å²) in [5, 5.41) is 3.43. The average Bonchev–Trinajstić information content (AvgIpc) is 2.99. The first-order valence-corrected chi connectivity index (χ1v) is 9.02. The van der Waals surface area contributed by atoms with Gasteiger partial charge < -0.3 is 15.1 Å². The lowest BCUT2D eigenvalue weighted by Gasteiger charge is -2.37. The molecule has 0 radical (unpaired) electrons. The van der Waals surface area contributed by atoms with Gasteiger partial charge in [-0.15, -0.1) is 24.8 Å². The molecule has 3 aliphatic heterocycles. The maximum atomic E-state index is 12.8. The Morgan fingerprint density at radius 1 is 0.957 bits per heavy atom. The van der Waals surface area contributed by atoms with Crippen molar-refractivity contribution in [3.63, 3.8) is 0 Å². The summed E-state index contributed by atoms with van der Waals surface area (Å²) >= 11 is 0. The molecule has 134 valence electrons. The predicted molar refractivity (Wildman–Crippen MR) is 97.5 cm³/mol. The van der Waals surface area contributed by atoms with Gasteiger partial charge in [0, 0.05) is 25.0 Å². The molecule has 1 saturated carbocycles. The van der Waals surface area contributed by atoms with Crippen LogP contribution < -0.4 is 5.32 Å². The Kier molecular flexibility index (Phi) is 6.63. The summed E-state index contributed by atoms with van der Waals surface area (Å²) in [6.07, 6.45) is 8.75. The van der Waals surface area contributed by atoms with Gasteiger partial charge in [0.25, 0.3) is 0 Å². The molecule has 1 aliphatic carbocycles. The smallest absolute Gasteiger partial charge is 0.226 e. The second-order valence-electron chi connectivity index (χ2n) is 7.67. The second-order valence-corrected chi connectivity index (χ2v) is 7.67. The molecule has 4 rings (SSSR count). The van der Waals surface area contributed by atoms with Crippen molar-refractivity contribution < 1.29 is 4.79 Å². The maximum Gasteiger partial charge on any atom is 0.226 e. The summed E-state index contributed by atoms with van der Waals surface area (Å²) in [4.78, 5) is 17.6. The number of carbonyl (C=O) groups is 1. The number of nitrogens with zero attached hydrogens (tertiary/aromatic N) is 2. The molecule has 4 fully saturated rings. The number of rotatable bonds is 2. The molecule has 23 heavy (non-hydrogen) atoms. The third-order valence-electron chi connectivity index (χ3n) is 6.52. The predicted octanol–water partition coefficient (Wildman–Crippen LogP) is 2.31. The van der Waals surface area contributed by atoms with Crippen LogP contribution in [0.25, 0.3) is 0 Å². The van der Waals surface area contributed by atoms with Gasteiger partial charge in [0.2, 0.25) is 5.91 Å². The van der Waals surface area contributed by atoms with E-state index in [1.165, 1.54) is 58.0 Å². The van der Waals surface area contributed by atoms with Crippen molar-refractivity contribution in [2.45, 2.75) is 51.0 Å². The van der Waals surface area contributed by atoms with Gasteiger partial charge in [-0.25, -0.2) is 0 Å². The number of piperidine rings is 2. The van der Waals surface area contributed by atoms with Crippen LogP contribution in [0.1, 0.15) is 44.9 Å². The van der Waals surface area contributed by atoms with Crippen LogP contribution in [-0.2, 0) is 4.79 Å². The third-order valence-corrected chi connectivity index (χ3v) is 6.52. The summed E-state index contributed by atoms with van der Waals surface area (Å²) in [5.74, 6) is 0.847. The van der Waals surface area contributed by atoms with Crippen molar-refractivity contribution >= 4 is 30.7 Å². The standard InChI is InChI=1S/C17H29N3O.2ClH/c21-16(15-13-17(15)5-7-18-8-6-17)20-11-3-14(4-12-20)19-9-1-2-10-19;;/h14-15,18H,1-13H2;2*1H. The molecule has 0 aromatic heterocycles. The first kappa shape index (κ1) is 19.3. The molecule has 1 unspecified atom stereocenters. The topological polar surface area (TPSA) is 35.6 Å². The van der Waals surface area contributed by atoms with E-state index in [-0.39, 0.29) is 24.8 Å². The van der Waals surface area contributed by atoms with Crippen LogP contribution in [0, 0.1) is 11.3 Å². The average molecular weight is 364 g/mol. The Labute approximate surface area is 152 Å². The van der Waals surface area contributed by atoms with Crippen LogP contribution in [-0.4, -0.2) is 61.0 Å². The van der Waals surface area contributed by atoms with E-state index in [2.05, 4.69) is 15.1 Å². The number of hydrogen-bond donors (Lipinski definition) is 1. The quantitative estimate of drug-likeness (QED) is 0.817. The van der Waals surface area contributed by atoms with Crippen LogP contribution in [0.15, 0.2) is 0 Å². The fourth-order valence-electron chi connectivity index (χ4n) is 4.95. The van der Waals surface area contributed by atoms with E-state index in [0.717, 1.165) is 32.2 Å². The zero-order valence-corrected chi connectivity index (χ0v) is 15.6. The number of hydrogen-bond acceptors (Lipinski definition) is 3. The van der Waals surface area contributed by atoms with Crippen molar-refractivity contribution in [1.29, 1.82) is 0 Å². The zero-order chi connectivity index (χ0) is 14.3. The fourth-order valence-corrected chi connectivity index (χ4v) is 4.95. The Morgan fingerprint density at radius 3 is 2.17 bits per heavy atom. The number of carbonyl (C=O) groups excluding carboxylic acids is 1. The number of halogens is 2. The van der Waals surface area contributed by atoms with Gasteiger partial charge >= 0.3 is 0 Å². The highest BCUT2D eigenvalue weighted by Crippen LogP contribution is 2.59. The van der Waals surface area contributed by atoms with E-state index in [1.807, 2.05) is 0 Å². The molecule has 0 bridgehead atoms. The first-order valence-electron chi connectivity index (χ1n) is 9.02. The Morgan fingerprint density at radius 2 is 1.57 bits per heavy atom.